The van der Waals surface area contributed by atoms with Crippen molar-refractivity contribution in [3.05, 3.63) is 0 Å². The van der Waals surface area contributed by atoms with E-state index in [0.717, 1.165) is 68.0 Å². The van der Waals surface area contributed by atoms with Gasteiger partial charge in [0.2, 0.25) is 0 Å². The Bertz CT molecular complexity index is 1070. The van der Waals surface area contributed by atoms with E-state index in [1.807, 2.05) is 0 Å². The van der Waals surface area contributed by atoms with Gasteiger partial charge in [-0.3, -0.25) is 0 Å². The molecule has 0 heterocycles. The largest absolute Gasteiger partial charge is 0.0630 e. The number of rotatable bonds is 0. The fourth-order valence-electron chi connectivity index (χ4n) is 17.0. The van der Waals surface area contributed by atoms with Crippen LogP contribution in [0.3, 0.4) is 0 Å². The minimum atomic E-state index is 0.833. The van der Waals surface area contributed by atoms with Crippen LogP contribution in [-0.4, -0.2) is 0 Å². The molecule has 0 heteroatoms. The summed E-state index contributed by atoms with van der Waals surface area (Å²) in [7, 11) is 0. The van der Waals surface area contributed by atoms with Crippen LogP contribution in [0.25, 0.3) is 0 Å². The normalized spacial score (nSPS) is 24.9. The Labute approximate surface area is 536 Å². The topological polar surface area (TPSA) is 0 Å². The molecule has 12 aliphatic rings. The second-order valence-corrected chi connectivity index (χ2v) is 36.0. The van der Waals surface area contributed by atoms with Gasteiger partial charge in [-0.25, -0.2) is 0 Å². The van der Waals surface area contributed by atoms with Gasteiger partial charge in [0.05, 0.1) is 0 Å². The predicted molar refractivity (Wildman–Crippen MR) is 387 cm³/mol. The Kier molecular flexibility index (Phi) is 46.7. The summed E-state index contributed by atoms with van der Waals surface area (Å²) in [5.74, 6) is 5.00. The minimum Gasteiger partial charge on any atom is -0.0630 e. The van der Waals surface area contributed by atoms with Crippen LogP contribution in [0.15, 0.2) is 0 Å². The Hall–Kier alpha value is 0. The molecule has 0 aliphatic heterocycles. The second-order valence-electron chi connectivity index (χ2n) is 36.0. The van der Waals surface area contributed by atoms with Gasteiger partial charge in [-0.2, -0.15) is 0 Å². The molecule has 0 unspecified atom stereocenters. The van der Waals surface area contributed by atoms with Crippen molar-refractivity contribution in [3.63, 3.8) is 0 Å². The molecule has 12 rings (SSSR count). The Morgan fingerprint density at radius 2 is 0.167 bits per heavy atom. The highest BCUT2D eigenvalue weighted by Gasteiger charge is 2.40. The van der Waals surface area contributed by atoms with Crippen molar-refractivity contribution < 1.29 is 0 Å². The van der Waals surface area contributed by atoms with Gasteiger partial charge in [0, 0.05) is 0 Å². The molecule has 0 N–H and O–H groups in total. The van der Waals surface area contributed by atoms with Gasteiger partial charge in [0.1, 0.15) is 0 Å². The number of hydrogen-bond acceptors (Lipinski definition) is 0. The summed E-state index contributed by atoms with van der Waals surface area (Å²) in [6.45, 7) is 39.0. The maximum Gasteiger partial charge on any atom is -0.0297 e. The highest BCUT2D eigenvalue weighted by Crippen LogP contribution is 2.54. The van der Waals surface area contributed by atoms with Gasteiger partial charge < -0.3 is 0 Å². The van der Waals surface area contributed by atoms with E-state index in [1.165, 1.54) is 193 Å². The second kappa shape index (κ2) is 47.8. The van der Waals surface area contributed by atoms with Gasteiger partial charge >= 0.3 is 0 Å². The van der Waals surface area contributed by atoms with E-state index in [9.17, 15) is 0 Å². The van der Waals surface area contributed by atoms with E-state index in [2.05, 4.69) is 125 Å². The van der Waals surface area contributed by atoms with Gasteiger partial charge in [0.15, 0.2) is 0 Å². The Balaban J connectivity index is 0.000000470. The van der Waals surface area contributed by atoms with Gasteiger partial charge in [-0.1, -0.05) is 317 Å². The zero-order chi connectivity index (χ0) is 62.6. The zero-order valence-corrected chi connectivity index (χ0v) is 62.6. The summed E-state index contributed by atoms with van der Waals surface area (Å²) in [6, 6.07) is 0. The van der Waals surface area contributed by atoms with Crippen molar-refractivity contribution in [2.24, 2.45) is 68.0 Å². The van der Waals surface area contributed by atoms with E-state index < -0.39 is 0 Å². The number of hydrogen-bond donors (Lipinski definition) is 0. The molecule has 6 spiro atoms. The first-order chi connectivity index (χ1) is 39.9. The summed E-state index contributed by atoms with van der Waals surface area (Å²) < 4.78 is 0. The molecule has 12 aliphatic carbocycles. The van der Waals surface area contributed by atoms with Crippen LogP contribution >= 0.6 is 0 Å². The van der Waals surface area contributed by atoms with Crippen LogP contribution < -0.4 is 0 Å². The lowest BCUT2D eigenvalue weighted by Crippen LogP contribution is -2.26. The van der Waals surface area contributed by atoms with E-state index >= 15 is 0 Å². The van der Waals surface area contributed by atoms with Crippen molar-refractivity contribution >= 4 is 0 Å². The van der Waals surface area contributed by atoms with E-state index in [0.29, 0.717) is 0 Å². The van der Waals surface area contributed by atoms with E-state index in [1.54, 1.807) is 154 Å². The molecule has 12 fully saturated rings. The summed E-state index contributed by atoms with van der Waals surface area (Å²) in [5, 5.41) is 0. The molecule has 0 nitrogen and oxygen atoms in total. The lowest BCUT2D eigenvalue weighted by molar-refractivity contribution is 0.124. The molecule has 0 aromatic rings. The quantitative estimate of drug-likeness (QED) is 0.227. The smallest absolute Gasteiger partial charge is 0.0297 e. The third-order valence-electron chi connectivity index (χ3n) is 21.5. The summed E-state index contributed by atoms with van der Waals surface area (Å²) in [6.07, 6.45) is 83.2. The molecule has 0 amide bonds. The molecule has 0 aromatic heterocycles. The maximum atomic E-state index is 2.17. The van der Waals surface area contributed by atoms with Crippen molar-refractivity contribution in [3.8, 4) is 0 Å². The third-order valence-corrected chi connectivity index (χ3v) is 21.5. The van der Waals surface area contributed by atoms with Crippen LogP contribution in [0.2, 0.25) is 0 Å². The Morgan fingerprint density at radius 1 is 0.107 bits per heavy atom. The summed E-state index contributed by atoms with van der Waals surface area (Å²) in [5.41, 5.74) is 5.26. The molecule has 12 saturated carbocycles. The molecule has 0 radical (unpaired) electrons. The molecule has 0 atom stereocenters. The van der Waals surface area contributed by atoms with Gasteiger partial charge in [-0.15, -0.1) is 0 Å². The SMILES string of the molecule is C1CCC2(C1)CCC2.C1CCC2(C1)CCC2.C1CCC2(CC1)CCCCC2.C1CCC2(CC1)CCCCC2.C1CCC2(CC1)CCCCC2.C1CCC2(CC1)CCCCC2.CC(C)C.CC(C)C.CC(C)C.CC(C)C.CC(C)C.CC(C)C. The van der Waals surface area contributed by atoms with Crippen LogP contribution in [0, 0.1) is 68.0 Å². The average molecular weight is 1180 g/mol. The average Bonchev–Trinajstić information content (AvgIpc) is 4.35. The van der Waals surface area contributed by atoms with Crippen molar-refractivity contribution in [2.45, 2.75) is 471 Å². The monoisotopic (exact) mass is 1180 g/mol. The van der Waals surface area contributed by atoms with Gasteiger partial charge in [0.25, 0.3) is 0 Å². The molecule has 0 saturated heterocycles. The first-order valence-electron chi connectivity index (χ1n) is 39.9. The zero-order valence-electron chi connectivity index (χ0n) is 62.6. The lowest BCUT2D eigenvalue weighted by Gasteiger charge is -2.40. The molecular formula is C84H168. The minimum absolute atomic E-state index is 0.833. The fraction of sp³-hybridized carbons (Fsp3) is 1.00. The highest BCUT2D eigenvalue weighted by molar-refractivity contribution is 4.93. The van der Waals surface area contributed by atoms with Crippen molar-refractivity contribution in [2.75, 3.05) is 0 Å². The highest BCUT2D eigenvalue weighted by atomic mass is 14.5. The summed E-state index contributed by atoms with van der Waals surface area (Å²) in [4.78, 5) is 0. The third kappa shape index (κ3) is 41.4. The van der Waals surface area contributed by atoms with Crippen LogP contribution in [0.5, 0.6) is 0 Å². The molecule has 0 aromatic carbocycles. The maximum absolute atomic E-state index is 2.17. The van der Waals surface area contributed by atoms with Crippen molar-refractivity contribution in [1.82, 2.24) is 0 Å². The fourth-order valence-corrected chi connectivity index (χ4v) is 17.0. The van der Waals surface area contributed by atoms with Crippen LogP contribution in [0.4, 0.5) is 0 Å². The van der Waals surface area contributed by atoms with Gasteiger partial charge in [-0.05, 0) is 222 Å². The van der Waals surface area contributed by atoms with E-state index in [4.69, 9.17) is 0 Å². The molecule has 0 bridgehead atoms. The first kappa shape index (κ1) is 82.0. The molecule has 504 valence electrons. The van der Waals surface area contributed by atoms with E-state index in [-0.39, 0.29) is 0 Å². The Morgan fingerprint density at radius 3 is 0.226 bits per heavy atom. The predicted octanol–water partition coefficient (Wildman–Crippen LogP) is 31.0. The summed E-state index contributed by atoms with van der Waals surface area (Å²) >= 11 is 0. The standard InChI is InChI=1S/4C11H20.2C8H14.6C4H10/c4*1-3-7-11(8-4-1)9-5-2-6-10-11;2*1-2-5-8(4-1)6-3-7-8;6*1-4(2)3/h4*1-10H2;2*1-7H2;6*4H,1-3H3. The molecule has 84 heavy (non-hydrogen) atoms. The first-order valence-corrected chi connectivity index (χ1v) is 39.9. The van der Waals surface area contributed by atoms with Crippen LogP contribution in [-0.2, 0) is 0 Å². The lowest BCUT2D eigenvalue weighted by atomic mass is 9.65. The van der Waals surface area contributed by atoms with Crippen LogP contribution in [0.1, 0.15) is 471 Å². The van der Waals surface area contributed by atoms with Crippen molar-refractivity contribution in [1.29, 1.82) is 0 Å². The molecular weight excluding hydrogens is 1010 g/mol.